The number of hydrogen-bond acceptors (Lipinski definition) is 8. The van der Waals surface area contributed by atoms with Crippen LogP contribution in [0, 0.1) is 5.82 Å². The third kappa shape index (κ3) is 6.10. The van der Waals surface area contributed by atoms with Crippen LogP contribution in [-0.2, 0) is 9.53 Å². The molecule has 1 amide bonds. The fourth-order valence-electron chi connectivity index (χ4n) is 5.62. The molecule has 3 aliphatic rings. The zero-order valence-corrected chi connectivity index (χ0v) is 21.5. The predicted molar refractivity (Wildman–Crippen MR) is 132 cm³/mol. The van der Waals surface area contributed by atoms with E-state index in [1.165, 1.54) is 12.4 Å². The van der Waals surface area contributed by atoms with E-state index in [1.54, 1.807) is 4.90 Å². The molecule has 3 heterocycles. The molecule has 2 aromatic rings. The van der Waals surface area contributed by atoms with Gasteiger partial charge in [-0.05, 0) is 30.0 Å². The van der Waals surface area contributed by atoms with E-state index in [0.29, 0.717) is 64.6 Å². The molecule has 1 aromatic carbocycles. The monoisotopic (exact) mass is 553 g/mol. The van der Waals surface area contributed by atoms with Crippen molar-refractivity contribution >= 4 is 11.7 Å². The average Bonchev–Trinajstić information content (AvgIpc) is 3.21. The van der Waals surface area contributed by atoms with Gasteiger partial charge in [-0.25, -0.2) is 14.4 Å². The van der Waals surface area contributed by atoms with Crippen LogP contribution in [0.1, 0.15) is 48.1 Å². The van der Waals surface area contributed by atoms with Crippen molar-refractivity contribution in [2.24, 2.45) is 0 Å². The molecule has 2 fully saturated rings. The van der Waals surface area contributed by atoms with E-state index in [1.807, 2.05) is 11.8 Å². The van der Waals surface area contributed by atoms with Crippen molar-refractivity contribution in [2.75, 3.05) is 63.9 Å². The Balaban J connectivity index is 1.33. The van der Waals surface area contributed by atoms with Gasteiger partial charge in [0, 0.05) is 51.4 Å². The second kappa shape index (κ2) is 11.2. The van der Waals surface area contributed by atoms with Gasteiger partial charge in [0.1, 0.15) is 12.1 Å². The summed E-state index contributed by atoms with van der Waals surface area (Å²) in [6, 6.07) is 3.19. The predicted octanol–water partition coefficient (Wildman–Crippen LogP) is 2.82. The third-order valence-electron chi connectivity index (χ3n) is 7.60. The first-order valence-corrected chi connectivity index (χ1v) is 13.0. The second-order valence-corrected chi connectivity index (χ2v) is 10.2. The highest BCUT2D eigenvalue weighted by molar-refractivity contribution is 5.84. The first-order valence-electron chi connectivity index (χ1n) is 13.0. The van der Waals surface area contributed by atoms with Crippen LogP contribution in [0.5, 0.6) is 5.75 Å². The van der Waals surface area contributed by atoms with Gasteiger partial charge < -0.3 is 24.4 Å². The first-order chi connectivity index (χ1) is 18.6. The van der Waals surface area contributed by atoms with Crippen molar-refractivity contribution in [1.82, 2.24) is 19.8 Å². The maximum atomic E-state index is 14.6. The Bertz CT molecular complexity index is 1190. The van der Waals surface area contributed by atoms with Crippen LogP contribution in [-0.4, -0.2) is 96.2 Å². The van der Waals surface area contributed by atoms with Crippen LogP contribution in [0.2, 0.25) is 0 Å². The summed E-state index contributed by atoms with van der Waals surface area (Å²) in [5, 5.41) is 10.3. The van der Waals surface area contributed by atoms with E-state index >= 15 is 0 Å². The Morgan fingerprint density at radius 1 is 1.15 bits per heavy atom. The first kappa shape index (κ1) is 27.5. The molecule has 39 heavy (non-hydrogen) atoms. The molecule has 1 aliphatic carbocycles. The van der Waals surface area contributed by atoms with Gasteiger partial charge in [-0.1, -0.05) is 13.0 Å². The van der Waals surface area contributed by atoms with E-state index in [-0.39, 0.29) is 23.9 Å². The van der Waals surface area contributed by atoms with Crippen molar-refractivity contribution in [1.29, 1.82) is 0 Å². The molecule has 212 valence electrons. The largest absolute Gasteiger partial charge is 0.573 e. The van der Waals surface area contributed by atoms with Crippen molar-refractivity contribution in [2.45, 2.75) is 37.6 Å². The number of hydrogen-bond donors (Lipinski definition) is 1. The number of carbonyl (C=O) groups excluding carboxylic acids is 1. The number of anilines is 1. The van der Waals surface area contributed by atoms with Crippen molar-refractivity contribution < 1.29 is 36.9 Å². The highest BCUT2D eigenvalue weighted by Crippen LogP contribution is 2.43. The molecule has 5 rings (SSSR count). The van der Waals surface area contributed by atoms with Crippen LogP contribution in [0.25, 0.3) is 0 Å². The molecule has 3 atom stereocenters. The number of morpholine rings is 1. The fourth-order valence-corrected chi connectivity index (χ4v) is 5.62. The quantitative estimate of drug-likeness (QED) is 0.547. The zero-order chi connectivity index (χ0) is 27.7. The van der Waals surface area contributed by atoms with Crippen molar-refractivity contribution in [3.8, 4) is 5.75 Å². The lowest BCUT2D eigenvalue weighted by Gasteiger charge is -2.39. The molecule has 2 aliphatic heterocycles. The standard InChI is InChI=1S/C26H31F4N5O4/c1-16-12-20(36)23-22(16)24(32-15-31-23)34-4-6-35(7-5-34)25(37)18(14-33-8-10-38-11-9-33)17-2-3-21(19(27)13-17)39-26(28,29)30/h2-3,13,15-16,18,20,36H,4-12,14H2,1H3/t16?,18-,20+/m0/s1. The fraction of sp³-hybridized carbons (Fsp3) is 0.577. The molecular weight excluding hydrogens is 522 g/mol. The summed E-state index contributed by atoms with van der Waals surface area (Å²) in [5.41, 5.74) is 1.88. The molecule has 13 heteroatoms. The van der Waals surface area contributed by atoms with Crippen LogP contribution in [0.15, 0.2) is 24.5 Å². The number of halogens is 4. The number of fused-ring (bicyclic) bond motifs is 1. The summed E-state index contributed by atoms with van der Waals surface area (Å²) < 4.78 is 61.7. The van der Waals surface area contributed by atoms with Gasteiger partial charge in [-0.15, -0.1) is 13.2 Å². The molecule has 0 spiro atoms. The Morgan fingerprint density at radius 3 is 2.54 bits per heavy atom. The molecule has 2 saturated heterocycles. The molecule has 0 bridgehead atoms. The zero-order valence-electron chi connectivity index (χ0n) is 21.5. The van der Waals surface area contributed by atoms with E-state index in [9.17, 15) is 27.5 Å². The molecule has 9 nitrogen and oxygen atoms in total. The Labute approximate surface area is 223 Å². The van der Waals surface area contributed by atoms with Gasteiger partial charge >= 0.3 is 6.36 Å². The summed E-state index contributed by atoms with van der Waals surface area (Å²) in [6.45, 7) is 6.32. The molecule has 0 saturated carbocycles. The van der Waals surface area contributed by atoms with Crippen LogP contribution >= 0.6 is 0 Å². The number of carbonyl (C=O) groups is 1. The topological polar surface area (TPSA) is 91.3 Å². The summed E-state index contributed by atoms with van der Waals surface area (Å²) in [5.74, 6) is -2.23. The van der Waals surface area contributed by atoms with E-state index < -0.39 is 30.0 Å². The lowest BCUT2D eigenvalue weighted by atomic mass is 9.95. The summed E-state index contributed by atoms with van der Waals surface area (Å²) in [7, 11) is 0. The summed E-state index contributed by atoms with van der Waals surface area (Å²) >= 11 is 0. The van der Waals surface area contributed by atoms with Gasteiger partial charge in [-0.3, -0.25) is 9.69 Å². The number of alkyl halides is 3. The normalized spacial score (nSPS) is 23.0. The molecule has 1 aromatic heterocycles. The lowest BCUT2D eigenvalue weighted by molar-refractivity contribution is -0.275. The maximum absolute atomic E-state index is 14.6. The van der Waals surface area contributed by atoms with E-state index in [4.69, 9.17) is 4.74 Å². The number of aliphatic hydroxyl groups excluding tert-OH is 1. The highest BCUT2D eigenvalue weighted by atomic mass is 19.4. The van der Waals surface area contributed by atoms with Gasteiger partial charge in [0.15, 0.2) is 11.6 Å². The SMILES string of the molecule is CC1C[C@@H](O)c2ncnc(N3CCN(C(=O)[C@@H](CN4CCOCC4)c4ccc(OC(F)(F)F)c(F)c4)CC3)c21. The molecule has 1 N–H and O–H groups in total. The van der Waals surface area contributed by atoms with E-state index in [0.717, 1.165) is 23.5 Å². The van der Waals surface area contributed by atoms with Crippen LogP contribution < -0.4 is 9.64 Å². The number of benzene rings is 1. The van der Waals surface area contributed by atoms with Gasteiger partial charge in [0.25, 0.3) is 0 Å². The Hall–Kier alpha value is -3.03. The highest BCUT2D eigenvalue weighted by Gasteiger charge is 2.36. The molecular formula is C26H31F4N5O4. The number of nitrogens with zero attached hydrogens (tertiary/aromatic N) is 5. The minimum Gasteiger partial charge on any atom is -0.403 e. The molecule has 0 radical (unpaired) electrons. The lowest BCUT2D eigenvalue weighted by Crippen LogP contribution is -2.52. The van der Waals surface area contributed by atoms with Gasteiger partial charge in [0.2, 0.25) is 5.91 Å². The van der Waals surface area contributed by atoms with Gasteiger partial charge in [0.05, 0.1) is 30.9 Å². The summed E-state index contributed by atoms with van der Waals surface area (Å²) in [6.07, 6.45) is -3.60. The van der Waals surface area contributed by atoms with Crippen molar-refractivity contribution in [3.05, 3.63) is 47.2 Å². The second-order valence-electron chi connectivity index (χ2n) is 10.2. The minimum atomic E-state index is -5.02. The number of rotatable bonds is 6. The Kier molecular flexibility index (Phi) is 7.92. The molecule has 1 unspecified atom stereocenters. The number of aliphatic hydroxyl groups is 1. The summed E-state index contributed by atoms with van der Waals surface area (Å²) in [4.78, 5) is 28.4. The Morgan fingerprint density at radius 2 is 1.87 bits per heavy atom. The minimum absolute atomic E-state index is 0.114. The average molecular weight is 554 g/mol. The maximum Gasteiger partial charge on any atom is 0.573 e. The van der Waals surface area contributed by atoms with Crippen LogP contribution in [0.3, 0.4) is 0 Å². The van der Waals surface area contributed by atoms with E-state index in [2.05, 4.69) is 19.6 Å². The number of amides is 1. The van der Waals surface area contributed by atoms with Crippen LogP contribution in [0.4, 0.5) is 23.4 Å². The third-order valence-corrected chi connectivity index (χ3v) is 7.60. The van der Waals surface area contributed by atoms with Gasteiger partial charge in [-0.2, -0.15) is 0 Å². The number of piperazine rings is 1. The number of ether oxygens (including phenoxy) is 2. The number of aromatic nitrogens is 2. The smallest absolute Gasteiger partial charge is 0.403 e. The van der Waals surface area contributed by atoms with Crippen molar-refractivity contribution in [3.63, 3.8) is 0 Å².